The van der Waals surface area contributed by atoms with Gasteiger partial charge in [-0.25, -0.2) is 18.2 Å². The Bertz CT molecular complexity index is 911. The Kier molecular flexibility index (Phi) is 3.93. The van der Waals surface area contributed by atoms with Crippen LogP contribution >= 0.6 is 0 Å². The molecule has 1 aromatic heterocycles. The highest BCUT2D eigenvalue weighted by Gasteiger charge is 2.13. The first-order valence-corrected chi connectivity index (χ1v) is 6.77. The third-order valence-electron chi connectivity index (χ3n) is 3.29. The van der Waals surface area contributed by atoms with Crippen molar-refractivity contribution in [1.29, 1.82) is 0 Å². The second-order valence-corrected chi connectivity index (χ2v) is 4.88. The van der Waals surface area contributed by atoms with E-state index in [0.717, 1.165) is 17.0 Å². The molecule has 0 saturated carbocycles. The lowest BCUT2D eigenvalue weighted by Crippen LogP contribution is -2.00. The lowest BCUT2D eigenvalue weighted by Gasteiger charge is -2.00. The number of hydrogen-bond donors (Lipinski definition) is 0. The van der Waals surface area contributed by atoms with Crippen LogP contribution in [0.25, 0.3) is 17.0 Å². The summed E-state index contributed by atoms with van der Waals surface area (Å²) in [5, 5.41) is 0.957. The zero-order valence-electron chi connectivity index (χ0n) is 11.8. The number of aromatic nitrogens is 1. The van der Waals surface area contributed by atoms with Crippen LogP contribution in [0, 0.1) is 17.5 Å². The van der Waals surface area contributed by atoms with E-state index in [9.17, 15) is 18.0 Å². The van der Waals surface area contributed by atoms with E-state index in [-0.39, 0.29) is 5.56 Å². The Morgan fingerprint density at radius 1 is 0.957 bits per heavy atom. The largest absolute Gasteiger partial charge is 0.289 e. The van der Waals surface area contributed by atoms with E-state index in [0.29, 0.717) is 17.8 Å². The van der Waals surface area contributed by atoms with Crippen LogP contribution in [0.15, 0.2) is 54.6 Å². The van der Waals surface area contributed by atoms with E-state index in [4.69, 9.17) is 0 Å². The van der Waals surface area contributed by atoms with Gasteiger partial charge in [-0.1, -0.05) is 24.3 Å². The number of ketones is 1. The van der Waals surface area contributed by atoms with Crippen molar-refractivity contribution in [3.63, 3.8) is 0 Å². The fourth-order valence-electron chi connectivity index (χ4n) is 2.13. The van der Waals surface area contributed by atoms with E-state index in [1.54, 1.807) is 6.07 Å². The smallest absolute Gasteiger partial charge is 0.194 e. The Hall–Kier alpha value is -2.95. The highest BCUT2D eigenvalue weighted by Crippen LogP contribution is 2.16. The van der Waals surface area contributed by atoms with Gasteiger partial charge in [0.2, 0.25) is 0 Å². The fraction of sp³-hybridized carbons (Fsp3) is 0. The number of benzene rings is 2. The topological polar surface area (TPSA) is 30.0 Å². The quantitative estimate of drug-likeness (QED) is 0.403. The van der Waals surface area contributed by atoms with Crippen LogP contribution in [-0.2, 0) is 0 Å². The van der Waals surface area contributed by atoms with Crippen molar-refractivity contribution >= 4 is 22.8 Å². The number of rotatable bonds is 3. The minimum atomic E-state index is -1.60. The van der Waals surface area contributed by atoms with Gasteiger partial charge in [-0.05, 0) is 36.4 Å². The number of hydrogen-bond acceptors (Lipinski definition) is 2. The van der Waals surface area contributed by atoms with Gasteiger partial charge in [0.25, 0.3) is 0 Å². The van der Waals surface area contributed by atoms with E-state index in [1.807, 2.05) is 30.3 Å². The van der Waals surface area contributed by atoms with Crippen molar-refractivity contribution in [2.75, 3.05) is 0 Å². The van der Waals surface area contributed by atoms with E-state index < -0.39 is 23.2 Å². The molecule has 5 heteroatoms. The molecule has 3 rings (SSSR count). The average Bonchev–Trinajstić information content (AvgIpc) is 2.56. The Balaban J connectivity index is 1.87. The molecule has 23 heavy (non-hydrogen) atoms. The zero-order valence-corrected chi connectivity index (χ0v) is 11.8. The van der Waals surface area contributed by atoms with Crippen molar-refractivity contribution in [3.05, 3.63) is 83.3 Å². The highest BCUT2D eigenvalue weighted by atomic mass is 19.2. The van der Waals surface area contributed by atoms with E-state index in [2.05, 4.69) is 4.98 Å². The standard InChI is InChI=1S/C18H10F3NO/c19-14-9-12(10-15(20)18(14)21)17(23)8-7-13-6-5-11-3-1-2-4-16(11)22-13/h1-10H. The predicted molar refractivity (Wildman–Crippen MR) is 81.4 cm³/mol. The van der Waals surface area contributed by atoms with Crippen LogP contribution in [0.5, 0.6) is 0 Å². The summed E-state index contributed by atoms with van der Waals surface area (Å²) in [6.07, 6.45) is 2.58. The molecule has 1 heterocycles. The monoisotopic (exact) mass is 313 g/mol. The van der Waals surface area contributed by atoms with Gasteiger partial charge in [0.05, 0.1) is 11.2 Å². The normalized spacial score (nSPS) is 11.3. The molecule has 0 amide bonds. The first-order valence-electron chi connectivity index (χ1n) is 6.77. The number of fused-ring (bicyclic) bond motifs is 1. The van der Waals surface area contributed by atoms with Crippen LogP contribution in [0.1, 0.15) is 16.1 Å². The SMILES string of the molecule is O=C(C=Cc1ccc2ccccc2n1)c1cc(F)c(F)c(F)c1. The summed E-state index contributed by atoms with van der Waals surface area (Å²) in [5.74, 6) is -5.03. The second-order valence-electron chi connectivity index (χ2n) is 4.88. The molecule has 0 saturated heterocycles. The van der Waals surface area contributed by atoms with Crippen LogP contribution in [0.2, 0.25) is 0 Å². The maximum atomic E-state index is 13.1. The van der Waals surface area contributed by atoms with Gasteiger partial charge in [0.15, 0.2) is 23.2 Å². The minimum absolute atomic E-state index is 0.265. The molecule has 0 atom stereocenters. The minimum Gasteiger partial charge on any atom is -0.289 e. The number of pyridine rings is 1. The van der Waals surface area contributed by atoms with Crippen molar-refractivity contribution < 1.29 is 18.0 Å². The van der Waals surface area contributed by atoms with Crippen molar-refractivity contribution in [2.24, 2.45) is 0 Å². The third kappa shape index (κ3) is 3.13. The molecule has 0 N–H and O–H groups in total. The number of nitrogens with zero attached hydrogens (tertiary/aromatic N) is 1. The van der Waals surface area contributed by atoms with Crippen molar-refractivity contribution in [3.8, 4) is 0 Å². The highest BCUT2D eigenvalue weighted by molar-refractivity contribution is 6.06. The molecule has 0 aliphatic rings. The maximum absolute atomic E-state index is 13.1. The van der Waals surface area contributed by atoms with Crippen LogP contribution in [0.4, 0.5) is 13.2 Å². The summed E-state index contributed by atoms with van der Waals surface area (Å²) in [7, 11) is 0. The number of carbonyl (C=O) groups is 1. The molecule has 0 radical (unpaired) electrons. The van der Waals surface area contributed by atoms with Gasteiger partial charge in [0, 0.05) is 10.9 Å². The van der Waals surface area contributed by atoms with Gasteiger partial charge in [-0.2, -0.15) is 0 Å². The molecule has 2 nitrogen and oxygen atoms in total. The van der Waals surface area contributed by atoms with Gasteiger partial charge < -0.3 is 0 Å². The Morgan fingerprint density at radius 2 is 1.65 bits per heavy atom. The van der Waals surface area contributed by atoms with Crippen LogP contribution in [0.3, 0.4) is 0 Å². The molecule has 0 aliphatic heterocycles. The lowest BCUT2D eigenvalue weighted by atomic mass is 10.1. The van der Waals surface area contributed by atoms with Crippen LogP contribution < -0.4 is 0 Å². The van der Waals surface area contributed by atoms with Crippen molar-refractivity contribution in [1.82, 2.24) is 4.98 Å². The predicted octanol–water partition coefficient (Wildman–Crippen LogP) is 4.55. The third-order valence-corrected chi connectivity index (χ3v) is 3.29. The molecule has 0 fully saturated rings. The summed E-state index contributed by atoms with van der Waals surface area (Å²) in [6, 6.07) is 12.4. The van der Waals surface area contributed by atoms with Gasteiger partial charge in [0.1, 0.15) is 0 Å². The lowest BCUT2D eigenvalue weighted by molar-refractivity contribution is 0.104. The average molecular weight is 313 g/mol. The summed E-state index contributed by atoms with van der Waals surface area (Å²) in [6.45, 7) is 0. The van der Waals surface area contributed by atoms with Crippen LogP contribution in [-0.4, -0.2) is 10.8 Å². The fourth-order valence-corrected chi connectivity index (χ4v) is 2.13. The maximum Gasteiger partial charge on any atom is 0.194 e. The number of para-hydroxylation sites is 1. The number of carbonyl (C=O) groups excluding carboxylic acids is 1. The molecule has 0 spiro atoms. The number of halogens is 3. The van der Waals surface area contributed by atoms with E-state index in [1.165, 1.54) is 6.08 Å². The summed E-state index contributed by atoms with van der Waals surface area (Å²) >= 11 is 0. The Morgan fingerprint density at radius 3 is 2.39 bits per heavy atom. The molecule has 2 aromatic carbocycles. The first-order chi connectivity index (χ1) is 11.0. The first kappa shape index (κ1) is 15.0. The Labute approximate surface area is 129 Å². The van der Waals surface area contributed by atoms with Gasteiger partial charge >= 0.3 is 0 Å². The molecule has 0 aliphatic carbocycles. The molecule has 0 unspecified atom stereocenters. The summed E-state index contributed by atoms with van der Waals surface area (Å²) in [5.41, 5.74) is 1.03. The molecular formula is C18H10F3NO. The molecule has 114 valence electrons. The van der Waals surface area contributed by atoms with Crippen molar-refractivity contribution in [2.45, 2.75) is 0 Å². The second kappa shape index (κ2) is 6.04. The molecule has 3 aromatic rings. The zero-order chi connectivity index (χ0) is 16.4. The van der Waals surface area contributed by atoms with Gasteiger partial charge in [-0.15, -0.1) is 0 Å². The van der Waals surface area contributed by atoms with Gasteiger partial charge in [-0.3, -0.25) is 4.79 Å². The summed E-state index contributed by atoms with van der Waals surface area (Å²) in [4.78, 5) is 16.3. The van der Waals surface area contributed by atoms with E-state index >= 15 is 0 Å². The summed E-state index contributed by atoms with van der Waals surface area (Å²) < 4.78 is 39.2. The molecular weight excluding hydrogens is 303 g/mol. The molecule has 0 bridgehead atoms. The number of allylic oxidation sites excluding steroid dienone is 1.